The molecule has 3 rings (SSSR count). The molecule has 0 saturated carbocycles. The van der Waals surface area contributed by atoms with Crippen LogP contribution in [0, 0.1) is 13.8 Å². The summed E-state index contributed by atoms with van der Waals surface area (Å²) in [6.45, 7) is 7.12. The maximum Gasteiger partial charge on any atom is 0.222 e. The number of carbonyl (C=O) groups excluding carboxylic acids is 1. The molecule has 5 nitrogen and oxygen atoms in total. The summed E-state index contributed by atoms with van der Waals surface area (Å²) in [5.74, 6) is 1.22. The van der Waals surface area contributed by atoms with E-state index in [9.17, 15) is 4.79 Å². The quantitative estimate of drug-likeness (QED) is 0.841. The van der Waals surface area contributed by atoms with Gasteiger partial charge in [0.05, 0.1) is 11.4 Å². The number of anilines is 1. The lowest BCUT2D eigenvalue weighted by atomic mass is 10.1. The minimum Gasteiger partial charge on any atom is -0.352 e. The molecule has 0 spiro atoms. The minimum absolute atomic E-state index is 0.266. The standard InChI is InChI=1S/C20H26N4O/c1-16-15-21-17(2)20(22-16)24-13-11-23(12-14-24)19(25)10-6-9-18-7-4-3-5-8-18/h3-5,7-8,15H,6,9-14H2,1-2H3. The predicted octanol–water partition coefficient (Wildman–Crippen LogP) is 2.76. The van der Waals surface area contributed by atoms with E-state index in [1.807, 2.05) is 36.9 Å². The van der Waals surface area contributed by atoms with Crippen molar-refractivity contribution in [1.82, 2.24) is 14.9 Å². The zero-order valence-electron chi connectivity index (χ0n) is 15.1. The molecule has 2 aromatic rings. The highest BCUT2D eigenvalue weighted by atomic mass is 16.2. The number of nitrogens with zero attached hydrogens (tertiary/aromatic N) is 4. The summed E-state index contributed by atoms with van der Waals surface area (Å²) in [6.07, 6.45) is 4.29. The Balaban J connectivity index is 1.47. The molecular formula is C20H26N4O. The van der Waals surface area contributed by atoms with Gasteiger partial charge in [0, 0.05) is 38.8 Å². The zero-order valence-corrected chi connectivity index (χ0v) is 15.1. The molecule has 1 aliphatic heterocycles. The van der Waals surface area contributed by atoms with E-state index in [0.717, 1.165) is 56.2 Å². The third-order valence-corrected chi connectivity index (χ3v) is 4.68. The molecule has 0 N–H and O–H groups in total. The number of piperazine rings is 1. The van der Waals surface area contributed by atoms with Crippen LogP contribution < -0.4 is 4.90 Å². The average molecular weight is 338 g/mol. The second-order valence-electron chi connectivity index (χ2n) is 6.63. The number of benzene rings is 1. The van der Waals surface area contributed by atoms with Crippen LogP contribution in [0.3, 0.4) is 0 Å². The predicted molar refractivity (Wildman–Crippen MR) is 99.7 cm³/mol. The topological polar surface area (TPSA) is 49.3 Å². The highest BCUT2D eigenvalue weighted by Crippen LogP contribution is 2.18. The Morgan fingerprint density at radius 2 is 1.80 bits per heavy atom. The van der Waals surface area contributed by atoms with Crippen molar-refractivity contribution in [2.75, 3.05) is 31.1 Å². The summed E-state index contributed by atoms with van der Waals surface area (Å²) < 4.78 is 0. The molecule has 25 heavy (non-hydrogen) atoms. The van der Waals surface area contributed by atoms with E-state index < -0.39 is 0 Å². The molecule has 1 amide bonds. The van der Waals surface area contributed by atoms with E-state index in [2.05, 4.69) is 27.0 Å². The van der Waals surface area contributed by atoms with E-state index in [-0.39, 0.29) is 5.91 Å². The number of amides is 1. The normalized spacial score (nSPS) is 14.6. The van der Waals surface area contributed by atoms with Crippen molar-refractivity contribution in [2.24, 2.45) is 0 Å². The fraction of sp³-hybridized carbons (Fsp3) is 0.450. The molecular weight excluding hydrogens is 312 g/mol. The van der Waals surface area contributed by atoms with Crippen molar-refractivity contribution >= 4 is 11.7 Å². The number of hydrogen-bond acceptors (Lipinski definition) is 4. The summed E-state index contributed by atoms with van der Waals surface area (Å²) >= 11 is 0. The lowest BCUT2D eigenvalue weighted by molar-refractivity contribution is -0.131. The molecule has 132 valence electrons. The van der Waals surface area contributed by atoms with Crippen LogP contribution >= 0.6 is 0 Å². The van der Waals surface area contributed by atoms with Crippen LogP contribution in [-0.4, -0.2) is 47.0 Å². The van der Waals surface area contributed by atoms with Gasteiger partial charge >= 0.3 is 0 Å². The van der Waals surface area contributed by atoms with E-state index in [1.165, 1.54) is 5.56 Å². The van der Waals surface area contributed by atoms with Crippen molar-refractivity contribution in [1.29, 1.82) is 0 Å². The van der Waals surface area contributed by atoms with Gasteiger partial charge in [0.2, 0.25) is 5.91 Å². The molecule has 1 saturated heterocycles. The first-order chi connectivity index (χ1) is 12.1. The highest BCUT2D eigenvalue weighted by Gasteiger charge is 2.22. The molecule has 1 aromatic carbocycles. The van der Waals surface area contributed by atoms with Gasteiger partial charge in [0.15, 0.2) is 0 Å². The van der Waals surface area contributed by atoms with E-state index in [1.54, 1.807) is 6.20 Å². The summed E-state index contributed by atoms with van der Waals surface area (Å²) in [6, 6.07) is 10.4. The van der Waals surface area contributed by atoms with E-state index in [4.69, 9.17) is 0 Å². The van der Waals surface area contributed by atoms with E-state index >= 15 is 0 Å². The fourth-order valence-electron chi connectivity index (χ4n) is 3.24. The first-order valence-electron chi connectivity index (χ1n) is 9.00. The summed E-state index contributed by atoms with van der Waals surface area (Å²) in [5, 5.41) is 0. The molecule has 0 bridgehead atoms. The zero-order chi connectivity index (χ0) is 17.6. The van der Waals surface area contributed by atoms with Crippen LogP contribution in [0.1, 0.15) is 29.8 Å². The van der Waals surface area contributed by atoms with Crippen molar-refractivity contribution in [2.45, 2.75) is 33.1 Å². The Kier molecular flexibility index (Phi) is 5.64. The first-order valence-corrected chi connectivity index (χ1v) is 9.00. The van der Waals surface area contributed by atoms with Gasteiger partial charge < -0.3 is 9.80 Å². The van der Waals surface area contributed by atoms with Crippen molar-refractivity contribution in [3.8, 4) is 0 Å². The number of hydrogen-bond donors (Lipinski definition) is 0. The number of rotatable bonds is 5. The monoisotopic (exact) mass is 338 g/mol. The Labute approximate surface area is 149 Å². The van der Waals surface area contributed by atoms with Gasteiger partial charge in [0.25, 0.3) is 0 Å². The second-order valence-corrected chi connectivity index (χ2v) is 6.63. The van der Waals surface area contributed by atoms with E-state index in [0.29, 0.717) is 6.42 Å². The lowest BCUT2D eigenvalue weighted by Crippen LogP contribution is -2.49. The first kappa shape index (κ1) is 17.4. The molecule has 1 fully saturated rings. The van der Waals surface area contributed by atoms with Gasteiger partial charge in [-0.1, -0.05) is 30.3 Å². The van der Waals surface area contributed by atoms with Gasteiger partial charge in [-0.05, 0) is 32.3 Å². The molecule has 5 heteroatoms. The van der Waals surface area contributed by atoms with Crippen LogP contribution in [0.25, 0.3) is 0 Å². The smallest absolute Gasteiger partial charge is 0.222 e. The number of aromatic nitrogens is 2. The van der Waals surface area contributed by atoms with Gasteiger partial charge in [-0.25, -0.2) is 4.98 Å². The lowest BCUT2D eigenvalue weighted by Gasteiger charge is -2.36. The van der Waals surface area contributed by atoms with Crippen LogP contribution in [0.15, 0.2) is 36.5 Å². The Morgan fingerprint density at radius 3 is 2.52 bits per heavy atom. The molecule has 0 aliphatic carbocycles. The highest BCUT2D eigenvalue weighted by molar-refractivity contribution is 5.76. The van der Waals surface area contributed by atoms with Crippen molar-refractivity contribution in [3.05, 3.63) is 53.5 Å². The molecule has 1 aliphatic rings. The molecule has 0 unspecified atom stereocenters. The van der Waals surface area contributed by atoms with Crippen LogP contribution in [0.2, 0.25) is 0 Å². The Morgan fingerprint density at radius 1 is 1.08 bits per heavy atom. The van der Waals surface area contributed by atoms with Crippen molar-refractivity contribution in [3.63, 3.8) is 0 Å². The largest absolute Gasteiger partial charge is 0.352 e. The van der Waals surface area contributed by atoms with Gasteiger partial charge in [0.1, 0.15) is 5.82 Å². The number of aryl methyl sites for hydroxylation is 3. The Bertz CT molecular complexity index is 709. The molecule has 0 atom stereocenters. The van der Waals surface area contributed by atoms with Gasteiger partial charge in [-0.15, -0.1) is 0 Å². The maximum atomic E-state index is 12.4. The van der Waals surface area contributed by atoms with Crippen LogP contribution in [0.5, 0.6) is 0 Å². The molecule has 1 aromatic heterocycles. The maximum absolute atomic E-state index is 12.4. The van der Waals surface area contributed by atoms with Crippen LogP contribution in [-0.2, 0) is 11.2 Å². The third-order valence-electron chi connectivity index (χ3n) is 4.68. The molecule has 2 heterocycles. The van der Waals surface area contributed by atoms with Crippen LogP contribution in [0.4, 0.5) is 5.82 Å². The fourth-order valence-corrected chi connectivity index (χ4v) is 3.24. The van der Waals surface area contributed by atoms with Crippen molar-refractivity contribution < 1.29 is 4.79 Å². The summed E-state index contributed by atoms with van der Waals surface area (Å²) in [5.41, 5.74) is 3.18. The SMILES string of the molecule is Cc1cnc(C)c(N2CCN(C(=O)CCCc3ccccc3)CC2)n1. The molecule has 0 radical (unpaired) electrons. The Hall–Kier alpha value is -2.43. The summed E-state index contributed by atoms with van der Waals surface area (Å²) in [4.78, 5) is 25.7. The minimum atomic E-state index is 0.266. The third kappa shape index (κ3) is 4.56. The number of carbonyl (C=O) groups is 1. The average Bonchev–Trinajstić information content (AvgIpc) is 2.65. The summed E-state index contributed by atoms with van der Waals surface area (Å²) in [7, 11) is 0. The second kappa shape index (κ2) is 8.10. The van der Waals surface area contributed by atoms with Gasteiger partial charge in [-0.3, -0.25) is 9.78 Å². The van der Waals surface area contributed by atoms with Gasteiger partial charge in [-0.2, -0.15) is 0 Å².